The Hall–Kier alpha value is -2.82. The maximum Gasteiger partial charge on any atom is 0.242 e. The lowest BCUT2D eigenvalue weighted by atomic mass is 10.0. The van der Waals surface area contributed by atoms with Gasteiger partial charge in [-0.3, -0.25) is 9.59 Å². The van der Waals surface area contributed by atoms with E-state index in [4.69, 9.17) is 4.74 Å². The van der Waals surface area contributed by atoms with E-state index in [1.165, 1.54) is 5.56 Å². The number of nitrogens with one attached hydrogen (secondary N) is 1. The van der Waals surface area contributed by atoms with E-state index in [0.717, 1.165) is 35.3 Å². The molecule has 5 heteroatoms. The predicted octanol–water partition coefficient (Wildman–Crippen LogP) is 4.19. The number of carbonyl (C=O) groups excluding carboxylic acids is 2. The van der Waals surface area contributed by atoms with Crippen LogP contribution in [0.1, 0.15) is 48.9 Å². The summed E-state index contributed by atoms with van der Waals surface area (Å²) in [5.74, 6) is 0.578. The van der Waals surface area contributed by atoms with Crippen molar-refractivity contribution in [3.05, 3.63) is 64.7 Å². The topological polar surface area (TPSA) is 58.6 Å². The van der Waals surface area contributed by atoms with Crippen molar-refractivity contribution in [2.75, 3.05) is 13.7 Å². The number of aryl methyl sites for hydroxylation is 2. The summed E-state index contributed by atoms with van der Waals surface area (Å²) in [5, 5.41) is 2.95. The molecule has 5 nitrogen and oxygen atoms in total. The summed E-state index contributed by atoms with van der Waals surface area (Å²) < 4.78 is 5.22. The first kappa shape index (κ1) is 23.5. The molecule has 0 aromatic heterocycles. The van der Waals surface area contributed by atoms with Crippen molar-refractivity contribution in [1.82, 2.24) is 10.2 Å². The highest BCUT2D eigenvalue weighted by Crippen LogP contribution is 2.17. The zero-order chi connectivity index (χ0) is 22.1. The lowest BCUT2D eigenvalue weighted by Gasteiger charge is -2.29. The van der Waals surface area contributed by atoms with E-state index in [1.807, 2.05) is 49.4 Å². The van der Waals surface area contributed by atoms with Gasteiger partial charge in [0.15, 0.2) is 0 Å². The summed E-state index contributed by atoms with van der Waals surface area (Å²) in [7, 11) is 1.62. The molecule has 0 aliphatic heterocycles. The average molecular weight is 411 g/mol. The third-order valence-corrected chi connectivity index (χ3v) is 5.44. The van der Waals surface area contributed by atoms with Crippen molar-refractivity contribution >= 4 is 11.8 Å². The van der Waals surface area contributed by atoms with Crippen molar-refractivity contribution in [2.24, 2.45) is 0 Å². The summed E-state index contributed by atoms with van der Waals surface area (Å²) in [6.07, 6.45) is 2.20. The van der Waals surface area contributed by atoms with Crippen molar-refractivity contribution in [3.63, 3.8) is 0 Å². The lowest BCUT2D eigenvalue weighted by Crippen LogP contribution is -2.48. The van der Waals surface area contributed by atoms with Gasteiger partial charge in [-0.1, -0.05) is 43.7 Å². The number of unbranched alkanes of at least 4 members (excludes halogenated alkanes) is 1. The molecule has 1 atom stereocenters. The molecule has 0 saturated heterocycles. The van der Waals surface area contributed by atoms with Gasteiger partial charge in [-0.15, -0.1) is 0 Å². The van der Waals surface area contributed by atoms with Gasteiger partial charge < -0.3 is 15.0 Å². The number of hydrogen-bond donors (Lipinski definition) is 1. The van der Waals surface area contributed by atoms with E-state index in [1.54, 1.807) is 18.9 Å². The SMILES string of the molecule is CCCCNC(=O)[C@H](C)N(Cc1ccc(OC)cc1)C(=O)Cc1ccc(C)c(C)c1. The Kier molecular flexibility index (Phi) is 8.90. The third kappa shape index (κ3) is 6.61. The van der Waals surface area contributed by atoms with E-state index in [9.17, 15) is 9.59 Å². The van der Waals surface area contributed by atoms with Crippen molar-refractivity contribution in [2.45, 2.75) is 59.5 Å². The molecule has 0 heterocycles. The van der Waals surface area contributed by atoms with Gasteiger partial charge in [0, 0.05) is 13.1 Å². The van der Waals surface area contributed by atoms with Gasteiger partial charge in [-0.2, -0.15) is 0 Å². The molecule has 2 amide bonds. The number of amides is 2. The Bertz CT molecular complexity index is 846. The molecule has 30 heavy (non-hydrogen) atoms. The minimum Gasteiger partial charge on any atom is -0.497 e. The molecule has 0 unspecified atom stereocenters. The summed E-state index contributed by atoms with van der Waals surface area (Å²) in [5.41, 5.74) is 4.27. The Morgan fingerprint density at radius 1 is 1.03 bits per heavy atom. The number of hydrogen-bond acceptors (Lipinski definition) is 3. The van der Waals surface area contributed by atoms with E-state index >= 15 is 0 Å². The highest BCUT2D eigenvalue weighted by Gasteiger charge is 2.26. The van der Waals surface area contributed by atoms with Crippen LogP contribution in [0, 0.1) is 13.8 Å². The highest BCUT2D eigenvalue weighted by atomic mass is 16.5. The van der Waals surface area contributed by atoms with E-state index in [0.29, 0.717) is 13.1 Å². The van der Waals surface area contributed by atoms with Crippen LogP contribution >= 0.6 is 0 Å². The van der Waals surface area contributed by atoms with Crippen LogP contribution in [-0.4, -0.2) is 36.4 Å². The van der Waals surface area contributed by atoms with Crippen LogP contribution in [0.5, 0.6) is 5.75 Å². The Morgan fingerprint density at radius 3 is 2.30 bits per heavy atom. The molecular formula is C25H34N2O3. The van der Waals surface area contributed by atoms with Crippen LogP contribution in [0.25, 0.3) is 0 Å². The number of methoxy groups -OCH3 is 1. The third-order valence-electron chi connectivity index (χ3n) is 5.44. The second-order valence-electron chi connectivity index (χ2n) is 7.79. The molecule has 0 saturated carbocycles. The molecule has 0 radical (unpaired) electrons. The van der Waals surface area contributed by atoms with Gasteiger partial charge in [0.25, 0.3) is 0 Å². The smallest absolute Gasteiger partial charge is 0.242 e. The summed E-state index contributed by atoms with van der Waals surface area (Å²) in [6.45, 7) is 8.97. The van der Waals surface area contributed by atoms with E-state index in [-0.39, 0.29) is 18.2 Å². The second-order valence-corrected chi connectivity index (χ2v) is 7.79. The van der Waals surface area contributed by atoms with Crippen LogP contribution in [0.4, 0.5) is 0 Å². The molecule has 0 aliphatic rings. The summed E-state index contributed by atoms with van der Waals surface area (Å²) >= 11 is 0. The molecule has 0 spiro atoms. The number of carbonyl (C=O) groups is 2. The number of nitrogens with zero attached hydrogens (tertiary/aromatic N) is 1. The maximum atomic E-state index is 13.2. The Balaban J connectivity index is 2.20. The number of ether oxygens (including phenoxy) is 1. The van der Waals surface area contributed by atoms with Gasteiger partial charge in [-0.05, 0) is 61.6 Å². The first-order valence-electron chi connectivity index (χ1n) is 10.6. The molecule has 0 fully saturated rings. The quantitative estimate of drug-likeness (QED) is 0.598. The van der Waals surface area contributed by atoms with Crippen LogP contribution in [0.3, 0.4) is 0 Å². The van der Waals surface area contributed by atoms with Crippen molar-refractivity contribution in [3.8, 4) is 5.75 Å². The zero-order valence-electron chi connectivity index (χ0n) is 18.8. The van der Waals surface area contributed by atoms with Gasteiger partial charge >= 0.3 is 0 Å². The average Bonchev–Trinajstić information content (AvgIpc) is 2.74. The van der Waals surface area contributed by atoms with E-state index in [2.05, 4.69) is 19.2 Å². The molecule has 2 aromatic carbocycles. The number of rotatable bonds is 10. The van der Waals surface area contributed by atoms with Crippen LogP contribution in [0.15, 0.2) is 42.5 Å². The van der Waals surface area contributed by atoms with E-state index < -0.39 is 6.04 Å². The second kappa shape index (κ2) is 11.4. The Labute approximate surface area is 180 Å². The largest absolute Gasteiger partial charge is 0.497 e. The monoisotopic (exact) mass is 410 g/mol. The minimum atomic E-state index is -0.553. The fourth-order valence-electron chi connectivity index (χ4n) is 3.24. The Morgan fingerprint density at radius 2 is 1.70 bits per heavy atom. The predicted molar refractivity (Wildman–Crippen MR) is 121 cm³/mol. The van der Waals surface area contributed by atoms with Crippen LogP contribution in [0.2, 0.25) is 0 Å². The first-order chi connectivity index (χ1) is 14.3. The molecule has 2 rings (SSSR count). The van der Waals surface area contributed by atoms with Crippen molar-refractivity contribution < 1.29 is 14.3 Å². The molecule has 1 N–H and O–H groups in total. The molecule has 2 aromatic rings. The fraction of sp³-hybridized carbons (Fsp3) is 0.440. The number of benzene rings is 2. The molecule has 0 bridgehead atoms. The maximum absolute atomic E-state index is 13.2. The fourth-order valence-corrected chi connectivity index (χ4v) is 3.24. The molecule has 162 valence electrons. The highest BCUT2D eigenvalue weighted by molar-refractivity contribution is 5.88. The summed E-state index contributed by atoms with van der Waals surface area (Å²) in [6, 6.07) is 13.1. The van der Waals surface area contributed by atoms with Gasteiger partial charge in [-0.25, -0.2) is 0 Å². The standard InChI is InChI=1S/C25H34N2O3/c1-6-7-14-26-25(29)20(4)27(17-21-10-12-23(30-5)13-11-21)24(28)16-22-9-8-18(2)19(3)15-22/h8-13,15,20H,6-7,14,16-17H2,1-5H3,(H,26,29)/t20-/m0/s1. The minimum absolute atomic E-state index is 0.0628. The normalized spacial score (nSPS) is 11.6. The van der Waals surface area contributed by atoms with Crippen molar-refractivity contribution in [1.29, 1.82) is 0 Å². The van der Waals surface area contributed by atoms with Gasteiger partial charge in [0.1, 0.15) is 11.8 Å². The zero-order valence-corrected chi connectivity index (χ0v) is 18.8. The lowest BCUT2D eigenvalue weighted by molar-refractivity contribution is -0.140. The molecule has 0 aliphatic carbocycles. The van der Waals surface area contributed by atoms with Gasteiger partial charge in [0.2, 0.25) is 11.8 Å². The van der Waals surface area contributed by atoms with Crippen LogP contribution < -0.4 is 10.1 Å². The first-order valence-corrected chi connectivity index (χ1v) is 10.6. The van der Waals surface area contributed by atoms with Crippen LogP contribution in [-0.2, 0) is 22.6 Å². The van der Waals surface area contributed by atoms with Gasteiger partial charge in [0.05, 0.1) is 13.5 Å². The molecular weight excluding hydrogens is 376 g/mol. The summed E-state index contributed by atoms with van der Waals surface area (Å²) in [4.78, 5) is 27.6.